The predicted molar refractivity (Wildman–Crippen MR) is 73.0 cm³/mol. The van der Waals surface area contributed by atoms with Crippen molar-refractivity contribution in [1.29, 1.82) is 0 Å². The minimum Gasteiger partial charge on any atom is -0.309 e. The highest BCUT2D eigenvalue weighted by Crippen LogP contribution is 2.27. The van der Waals surface area contributed by atoms with Gasteiger partial charge < -0.3 is 5.32 Å². The van der Waals surface area contributed by atoms with Gasteiger partial charge in [0.2, 0.25) is 0 Å². The minimum absolute atomic E-state index is 0.168. The maximum Gasteiger partial charge on any atom is 0.134 e. The molecule has 1 atom stereocenters. The SMILES string of the molecule is CCc1ccc(C(NC)c2c(F)cc(F)cc2F)cc1. The van der Waals surface area contributed by atoms with Gasteiger partial charge in [0.05, 0.1) is 6.04 Å². The van der Waals surface area contributed by atoms with Gasteiger partial charge in [-0.25, -0.2) is 13.2 Å². The van der Waals surface area contributed by atoms with Crippen molar-refractivity contribution in [1.82, 2.24) is 5.32 Å². The lowest BCUT2D eigenvalue weighted by Crippen LogP contribution is -2.20. The van der Waals surface area contributed by atoms with E-state index in [9.17, 15) is 13.2 Å². The molecule has 0 bridgehead atoms. The van der Waals surface area contributed by atoms with Gasteiger partial charge in [0, 0.05) is 17.7 Å². The molecule has 2 rings (SSSR count). The van der Waals surface area contributed by atoms with E-state index in [2.05, 4.69) is 5.32 Å². The summed E-state index contributed by atoms with van der Waals surface area (Å²) < 4.78 is 40.7. The molecule has 1 N–H and O–H groups in total. The lowest BCUT2D eigenvalue weighted by molar-refractivity contribution is 0.500. The Bertz CT molecular complexity index is 570. The summed E-state index contributed by atoms with van der Waals surface area (Å²) in [6.07, 6.45) is 0.893. The zero-order valence-corrected chi connectivity index (χ0v) is 11.4. The molecule has 0 aliphatic heterocycles. The standard InChI is InChI=1S/C16H16F3N/c1-3-10-4-6-11(7-5-10)16(20-2)15-13(18)8-12(17)9-14(15)19/h4-9,16,20H,3H2,1-2H3. The van der Waals surface area contributed by atoms with Crippen molar-refractivity contribution in [3.63, 3.8) is 0 Å². The highest BCUT2D eigenvalue weighted by molar-refractivity contribution is 5.35. The Balaban J connectivity index is 2.46. The highest BCUT2D eigenvalue weighted by atomic mass is 19.1. The maximum atomic E-state index is 13.9. The normalized spacial score (nSPS) is 12.4. The highest BCUT2D eigenvalue weighted by Gasteiger charge is 2.21. The van der Waals surface area contributed by atoms with Crippen molar-refractivity contribution in [3.05, 3.63) is 70.5 Å². The van der Waals surface area contributed by atoms with E-state index in [1.165, 1.54) is 0 Å². The first-order chi connectivity index (χ1) is 9.56. The average Bonchev–Trinajstić information content (AvgIpc) is 2.43. The van der Waals surface area contributed by atoms with Crippen molar-refractivity contribution in [3.8, 4) is 0 Å². The molecule has 0 aliphatic carbocycles. The van der Waals surface area contributed by atoms with Crippen LogP contribution in [0.15, 0.2) is 36.4 Å². The Labute approximate surface area is 116 Å². The van der Waals surface area contributed by atoms with Crippen LogP contribution < -0.4 is 5.32 Å². The lowest BCUT2D eigenvalue weighted by atomic mass is 9.96. The van der Waals surface area contributed by atoms with Gasteiger partial charge in [0.15, 0.2) is 0 Å². The minimum atomic E-state index is -0.917. The van der Waals surface area contributed by atoms with E-state index in [0.29, 0.717) is 12.1 Å². The van der Waals surface area contributed by atoms with Gasteiger partial charge in [-0.05, 0) is 24.6 Å². The van der Waals surface area contributed by atoms with Crippen molar-refractivity contribution in [2.24, 2.45) is 0 Å². The summed E-state index contributed by atoms with van der Waals surface area (Å²) in [5.41, 5.74) is 1.70. The zero-order chi connectivity index (χ0) is 14.7. The van der Waals surface area contributed by atoms with Gasteiger partial charge in [0.1, 0.15) is 17.5 Å². The predicted octanol–water partition coefficient (Wildman–Crippen LogP) is 3.98. The molecular weight excluding hydrogens is 263 g/mol. The molecule has 0 fully saturated rings. The van der Waals surface area contributed by atoms with Crippen molar-refractivity contribution < 1.29 is 13.2 Å². The summed E-state index contributed by atoms with van der Waals surface area (Å²) >= 11 is 0. The molecule has 1 nitrogen and oxygen atoms in total. The molecule has 0 saturated carbocycles. The Morgan fingerprint density at radius 3 is 2.00 bits per heavy atom. The van der Waals surface area contributed by atoms with Crippen LogP contribution in [-0.4, -0.2) is 7.05 Å². The van der Waals surface area contributed by atoms with Crippen LogP contribution in [0, 0.1) is 17.5 Å². The van der Waals surface area contributed by atoms with Crippen molar-refractivity contribution >= 4 is 0 Å². The molecule has 106 valence electrons. The summed E-state index contributed by atoms with van der Waals surface area (Å²) in [7, 11) is 1.61. The summed E-state index contributed by atoms with van der Waals surface area (Å²) in [6.45, 7) is 2.03. The second-order valence-corrected chi connectivity index (χ2v) is 4.60. The molecule has 0 saturated heterocycles. The van der Waals surface area contributed by atoms with Gasteiger partial charge in [-0.15, -0.1) is 0 Å². The molecule has 4 heteroatoms. The first-order valence-corrected chi connectivity index (χ1v) is 6.47. The van der Waals surface area contributed by atoms with Crippen molar-refractivity contribution in [2.45, 2.75) is 19.4 Å². The van der Waals surface area contributed by atoms with Crippen LogP contribution in [0.4, 0.5) is 13.2 Å². The second kappa shape index (κ2) is 6.09. The van der Waals surface area contributed by atoms with Crippen LogP contribution in [0.25, 0.3) is 0 Å². The number of nitrogens with one attached hydrogen (secondary N) is 1. The molecule has 0 aliphatic rings. The maximum absolute atomic E-state index is 13.9. The van der Waals surface area contributed by atoms with E-state index in [0.717, 1.165) is 17.5 Å². The van der Waals surface area contributed by atoms with E-state index >= 15 is 0 Å². The van der Waals surface area contributed by atoms with Gasteiger partial charge in [0.25, 0.3) is 0 Å². The number of aryl methyl sites for hydroxylation is 1. The quantitative estimate of drug-likeness (QED) is 0.892. The molecular formula is C16H16F3N. The summed E-state index contributed by atoms with van der Waals surface area (Å²) in [5.74, 6) is -2.69. The van der Waals surface area contributed by atoms with Crippen LogP contribution in [0.1, 0.15) is 29.7 Å². The van der Waals surface area contributed by atoms with E-state index in [1.807, 2.05) is 31.2 Å². The van der Waals surface area contributed by atoms with E-state index in [-0.39, 0.29) is 5.56 Å². The summed E-state index contributed by atoms with van der Waals surface area (Å²) in [4.78, 5) is 0. The fourth-order valence-corrected chi connectivity index (χ4v) is 2.25. The third kappa shape index (κ3) is 2.85. The number of hydrogen-bond acceptors (Lipinski definition) is 1. The molecule has 0 amide bonds. The first kappa shape index (κ1) is 14.6. The summed E-state index contributed by atoms with van der Waals surface area (Å²) in [5, 5.41) is 2.87. The van der Waals surface area contributed by atoms with E-state index < -0.39 is 23.5 Å². The molecule has 2 aromatic rings. The van der Waals surface area contributed by atoms with Crippen LogP contribution in [0.5, 0.6) is 0 Å². The van der Waals surface area contributed by atoms with E-state index in [1.54, 1.807) is 7.05 Å². The Kier molecular flexibility index (Phi) is 4.45. The van der Waals surface area contributed by atoms with Crippen LogP contribution in [0.3, 0.4) is 0 Å². The van der Waals surface area contributed by atoms with Gasteiger partial charge >= 0.3 is 0 Å². The molecule has 1 unspecified atom stereocenters. The number of benzene rings is 2. The molecule has 0 radical (unpaired) electrons. The molecule has 20 heavy (non-hydrogen) atoms. The third-order valence-electron chi connectivity index (χ3n) is 3.34. The van der Waals surface area contributed by atoms with E-state index in [4.69, 9.17) is 0 Å². The topological polar surface area (TPSA) is 12.0 Å². The molecule has 0 heterocycles. The van der Waals surface area contributed by atoms with Crippen LogP contribution in [-0.2, 0) is 6.42 Å². The zero-order valence-electron chi connectivity index (χ0n) is 11.4. The lowest BCUT2D eigenvalue weighted by Gasteiger charge is -2.19. The van der Waals surface area contributed by atoms with Crippen LogP contribution >= 0.6 is 0 Å². The van der Waals surface area contributed by atoms with Crippen molar-refractivity contribution in [2.75, 3.05) is 7.05 Å². The molecule has 2 aromatic carbocycles. The monoisotopic (exact) mass is 279 g/mol. The van der Waals surface area contributed by atoms with Crippen LogP contribution in [0.2, 0.25) is 0 Å². The fourth-order valence-electron chi connectivity index (χ4n) is 2.25. The second-order valence-electron chi connectivity index (χ2n) is 4.60. The Hall–Kier alpha value is -1.81. The number of rotatable bonds is 4. The molecule has 0 aromatic heterocycles. The smallest absolute Gasteiger partial charge is 0.134 e. The summed E-state index contributed by atoms with van der Waals surface area (Å²) in [6, 6.07) is 8.22. The van der Waals surface area contributed by atoms with Gasteiger partial charge in [-0.3, -0.25) is 0 Å². The number of hydrogen-bond donors (Lipinski definition) is 1. The Morgan fingerprint density at radius 1 is 1.00 bits per heavy atom. The third-order valence-corrected chi connectivity index (χ3v) is 3.34. The largest absolute Gasteiger partial charge is 0.309 e. The number of halogens is 3. The first-order valence-electron chi connectivity index (χ1n) is 6.47. The Morgan fingerprint density at radius 2 is 1.55 bits per heavy atom. The van der Waals surface area contributed by atoms with Gasteiger partial charge in [-0.2, -0.15) is 0 Å². The average molecular weight is 279 g/mol. The van der Waals surface area contributed by atoms with Gasteiger partial charge in [-0.1, -0.05) is 31.2 Å². The molecule has 0 spiro atoms. The fraction of sp³-hybridized carbons (Fsp3) is 0.250.